The molecule has 0 atom stereocenters. The highest BCUT2D eigenvalue weighted by Crippen LogP contribution is 2.15. The van der Waals surface area contributed by atoms with Gasteiger partial charge in [0, 0.05) is 11.3 Å². The van der Waals surface area contributed by atoms with Crippen molar-refractivity contribution in [2.45, 2.75) is 13.3 Å². The Morgan fingerprint density at radius 2 is 2.56 bits per heavy atom. The molecule has 0 saturated carbocycles. The smallest absolute Gasteiger partial charge is 0.174 e. The van der Waals surface area contributed by atoms with Crippen LogP contribution in [0.3, 0.4) is 0 Å². The number of nitrogens with zero attached hydrogens (tertiary/aromatic N) is 1. The predicted molar refractivity (Wildman–Crippen MR) is 40.7 cm³/mol. The van der Waals surface area contributed by atoms with E-state index in [4.69, 9.17) is 4.74 Å². The minimum absolute atomic E-state index is 0.694. The van der Waals surface area contributed by atoms with Gasteiger partial charge in [-0.25, -0.2) is 4.99 Å². The Balaban J connectivity index is 2.72. The van der Waals surface area contributed by atoms with Crippen molar-refractivity contribution in [2.75, 3.05) is 6.61 Å². The van der Waals surface area contributed by atoms with Crippen LogP contribution in [0.5, 0.6) is 0 Å². The van der Waals surface area contributed by atoms with Gasteiger partial charge in [-0.05, 0) is 6.92 Å². The van der Waals surface area contributed by atoms with E-state index in [1.165, 1.54) is 6.40 Å². The lowest BCUT2D eigenvalue weighted by Gasteiger charge is -1.94. The molecule has 0 spiro atoms. The third-order valence-electron chi connectivity index (χ3n) is 1.20. The van der Waals surface area contributed by atoms with Crippen molar-refractivity contribution in [1.82, 2.24) is 0 Å². The maximum Gasteiger partial charge on any atom is 0.174 e. The van der Waals surface area contributed by atoms with Crippen molar-refractivity contribution in [3.05, 3.63) is 10.6 Å². The molecule has 3 heteroatoms. The average Bonchev–Trinajstić information content (AvgIpc) is 1.99. The van der Waals surface area contributed by atoms with Crippen LogP contribution in [0.1, 0.15) is 13.3 Å². The van der Waals surface area contributed by atoms with E-state index in [1.54, 1.807) is 0 Å². The third-order valence-corrected chi connectivity index (χ3v) is 1.74. The highest BCUT2D eigenvalue weighted by Gasteiger charge is 1.99. The van der Waals surface area contributed by atoms with Crippen LogP contribution in [0.15, 0.2) is 15.6 Å². The van der Waals surface area contributed by atoms with Crippen molar-refractivity contribution in [3.8, 4) is 0 Å². The summed E-state index contributed by atoms with van der Waals surface area (Å²) in [6.45, 7) is 2.62. The summed E-state index contributed by atoms with van der Waals surface area (Å²) in [7, 11) is 0. The van der Waals surface area contributed by atoms with Crippen LogP contribution in [0.2, 0.25) is 0 Å². The first-order chi connectivity index (χ1) is 4.30. The molecular formula is C6H9NOS. The van der Waals surface area contributed by atoms with Crippen LogP contribution in [0, 0.1) is 0 Å². The second kappa shape index (κ2) is 2.92. The molecule has 0 bridgehead atoms. The first-order valence-electron chi connectivity index (χ1n) is 2.83. The van der Waals surface area contributed by atoms with Gasteiger partial charge in [0.15, 0.2) is 6.40 Å². The Morgan fingerprint density at radius 3 is 3.33 bits per heavy atom. The Hall–Kier alpha value is -0.440. The standard InChI is InChI=1S/C6H9NOS/c1-5-6(9)2-3-8-4-7-5/h4,9H,2-3H2,1H3. The molecule has 0 radical (unpaired) electrons. The summed E-state index contributed by atoms with van der Waals surface area (Å²) < 4.78 is 4.95. The summed E-state index contributed by atoms with van der Waals surface area (Å²) in [6.07, 6.45) is 2.34. The van der Waals surface area contributed by atoms with E-state index in [1.807, 2.05) is 6.92 Å². The highest BCUT2D eigenvalue weighted by molar-refractivity contribution is 7.84. The summed E-state index contributed by atoms with van der Waals surface area (Å²) in [5, 5.41) is 0. The Morgan fingerprint density at radius 1 is 1.78 bits per heavy atom. The minimum atomic E-state index is 0.694. The fourth-order valence-electron chi connectivity index (χ4n) is 0.580. The fraction of sp³-hybridized carbons (Fsp3) is 0.500. The van der Waals surface area contributed by atoms with Gasteiger partial charge >= 0.3 is 0 Å². The molecule has 50 valence electrons. The van der Waals surface area contributed by atoms with Gasteiger partial charge in [0.25, 0.3) is 0 Å². The lowest BCUT2D eigenvalue weighted by atomic mass is 10.3. The largest absolute Gasteiger partial charge is 0.483 e. The number of rotatable bonds is 0. The van der Waals surface area contributed by atoms with Gasteiger partial charge in [0.2, 0.25) is 0 Å². The molecular weight excluding hydrogens is 134 g/mol. The number of aliphatic imine (C=N–C) groups is 1. The second-order valence-corrected chi connectivity index (χ2v) is 2.43. The van der Waals surface area contributed by atoms with Crippen molar-refractivity contribution < 1.29 is 4.74 Å². The lowest BCUT2D eigenvalue weighted by Crippen LogP contribution is -1.87. The van der Waals surface area contributed by atoms with E-state index in [2.05, 4.69) is 17.6 Å². The number of allylic oxidation sites excluding steroid dienone is 1. The molecule has 0 amide bonds. The van der Waals surface area contributed by atoms with E-state index < -0.39 is 0 Å². The normalized spacial score (nSPS) is 19.3. The molecule has 1 heterocycles. The number of ether oxygens (including phenoxy) is 1. The van der Waals surface area contributed by atoms with Gasteiger partial charge in [-0.2, -0.15) is 0 Å². The summed E-state index contributed by atoms with van der Waals surface area (Å²) in [4.78, 5) is 4.98. The molecule has 1 aliphatic rings. The van der Waals surface area contributed by atoms with Gasteiger partial charge in [0.1, 0.15) is 0 Å². The maximum absolute atomic E-state index is 4.95. The van der Waals surface area contributed by atoms with Crippen molar-refractivity contribution in [2.24, 2.45) is 4.99 Å². The van der Waals surface area contributed by atoms with E-state index in [0.29, 0.717) is 6.61 Å². The molecule has 0 aromatic carbocycles. The summed E-state index contributed by atoms with van der Waals surface area (Å²) in [5.41, 5.74) is 0.954. The third kappa shape index (κ3) is 1.75. The quantitative estimate of drug-likeness (QED) is 0.511. The molecule has 0 fully saturated rings. The van der Waals surface area contributed by atoms with E-state index in [0.717, 1.165) is 17.0 Å². The van der Waals surface area contributed by atoms with Crippen LogP contribution in [0.25, 0.3) is 0 Å². The summed E-state index contributed by atoms with van der Waals surface area (Å²) in [6, 6.07) is 0. The lowest BCUT2D eigenvalue weighted by molar-refractivity contribution is 0.329. The molecule has 9 heavy (non-hydrogen) atoms. The Kier molecular flexibility index (Phi) is 2.16. The van der Waals surface area contributed by atoms with Crippen LogP contribution in [-0.4, -0.2) is 13.0 Å². The zero-order valence-electron chi connectivity index (χ0n) is 5.29. The van der Waals surface area contributed by atoms with Crippen molar-refractivity contribution >= 4 is 19.0 Å². The predicted octanol–water partition coefficient (Wildman–Crippen LogP) is 1.60. The zero-order chi connectivity index (χ0) is 6.69. The number of hydrogen-bond acceptors (Lipinski definition) is 3. The van der Waals surface area contributed by atoms with Crippen molar-refractivity contribution in [3.63, 3.8) is 0 Å². The molecule has 0 aromatic heterocycles. The monoisotopic (exact) mass is 143 g/mol. The highest BCUT2D eigenvalue weighted by atomic mass is 32.1. The van der Waals surface area contributed by atoms with E-state index >= 15 is 0 Å². The molecule has 2 nitrogen and oxygen atoms in total. The molecule has 0 unspecified atom stereocenters. The molecule has 0 N–H and O–H groups in total. The number of thiol groups is 1. The SMILES string of the molecule is CC1=C(S)CCOC=N1. The molecule has 0 saturated heterocycles. The molecule has 1 rings (SSSR count). The number of hydrogen-bond donors (Lipinski definition) is 1. The van der Waals surface area contributed by atoms with Crippen LogP contribution < -0.4 is 0 Å². The molecule has 0 aromatic rings. The van der Waals surface area contributed by atoms with Gasteiger partial charge in [-0.1, -0.05) is 0 Å². The fourth-order valence-corrected chi connectivity index (χ4v) is 0.729. The molecule has 1 aliphatic heterocycles. The van der Waals surface area contributed by atoms with Crippen molar-refractivity contribution in [1.29, 1.82) is 0 Å². The second-order valence-electron chi connectivity index (χ2n) is 1.89. The minimum Gasteiger partial charge on any atom is -0.483 e. The van der Waals surface area contributed by atoms with Gasteiger partial charge in [-0.15, -0.1) is 12.6 Å². The topological polar surface area (TPSA) is 21.6 Å². The Bertz CT molecular complexity index is 162. The van der Waals surface area contributed by atoms with Gasteiger partial charge in [0.05, 0.1) is 12.3 Å². The van der Waals surface area contributed by atoms with Crippen LogP contribution in [0.4, 0.5) is 0 Å². The van der Waals surface area contributed by atoms with E-state index in [-0.39, 0.29) is 0 Å². The first-order valence-corrected chi connectivity index (χ1v) is 3.28. The van der Waals surface area contributed by atoms with Gasteiger partial charge in [-0.3, -0.25) is 0 Å². The van der Waals surface area contributed by atoms with Crippen LogP contribution in [-0.2, 0) is 4.74 Å². The first kappa shape index (κ1) is 6.68. The maximum atomic E-state index is 4.95. The summed E-state index contributed by atoms with van der Waals surface area (Å²) in [5.74, 6) is 0. The zero-order valence-corrected chi connectivity index (χ0v) is 6.19. The van der Waals surface area contributed by atoms with Gasteiger partial charge < -0.3 is 4.74 Å². The Labute approximate surface area is 60.0 Å². The van der Waals surface area contributed by atoms with Crippen LogP contribution >= 0.6 is 12.6 Å². The average molecular weight is 143 g/mol. The molecule has 0 aliphatic carbocycles. The summed E-state index contributed by atoms with van der Waals surface area (Å²) >= 11 is 4.21. The van der Waals surface area contributed by atoms with E-state index in [9.17, 15) is 0 Å².